The summed E-state index contributed by atoms with van der Waals surface area (Å²) in [5.74, 6) is -0.197. The zero-order valence-corrected chi connectivity index (χ0v) is 16.3. The van der Waals surface area contributed by atoms with E-state index in [4.69, 9.17) is 0 Å². The molecule has 0 saturated carbocycles. The molecule has 9 nitrogen and oxygen atoms in total. The van der Waals surface area contributed by atoms with Crippen LogP contribution >= 0.6 is 0 Å². The molecule has 0 aliphatic rings. The molecule has 1 heterocycles. The van der Waals surface area contributed by atoms with Crippen molar-refractivity contribution in [2.24, 2.45) is 9.63 Å². The molecule has 0 amide bonds. The molecule has 1 N–H and O–H groups in total. The minimum absolute atomic E-state index is 0.0331. The zero-order valence-electron chi connectivity index (χ0n) is 15.4. The van der Waals surface area contributed by atoms with Crippen LogP contribution in [0.25, 0.3) is 10.9 Å². The lowest BCUT2D eigenvalue weighted by atomic mass is 10.1. The van der Waals surface area contributed by atoms with Crippen LogP contribution in [0, 0.1) is 24.0 Å². The van der Waals surface area contributed by atoms with Crippen LogP contribution in [-0.2, 0) is 16.6 Å². The molecule has 146 valence electrons. The Morgan fingerprint density at radius 2 is 1.89 bits per heavy atom. The first-order valence-electron chi connectivity index (χ1n) is 8.40. The van der Waals surface area contributed by atoms with Crippen LogP contribution in [0.3, 0.4) is 0 Å². The summed E-state index contributed by atoms with van der Waals surface area (Å²) in [6.07, 6.45) is 0. The molecule has 0 saturated heterocycles. The summed E-state index contributed by atoms with van der Waals surface area (Å²) in [5.41, 5.74) is 1.65. The Balaban J connectivity index is 2.11. The number of hydrogen-bond donors (Lipinski definition) is 1. The van der Waals surface area contributed by atoms with Crippen molar-refractivity contribution in [1.29, 1.82) is 0 Å². The fourth-order valence-electron chi connectivity index (χ4n) is 2.94. The van der Waals surface area contributed by atoms with Crippen LogP contribution in [-0.4, -0.2) is 23.0 Å². The highest BCUT2D eigenvalue weighted by Gasteiger charge is 2.21. The Kier molecular flexibility index (Phi) is 4.90. The lowest BCUT2D eigenvalue weighted by Crippen LogP contribution is -1.99. The van der Waals surface area contributed by atoms with E-state index < -0.39 is 14.9 Å². The van der Waals surface area contributed by atoms with Crippen LogP contribution in [0.1, 0.15) is 18.1 Å². The predicted molar refractivity (Wildman–Crippen MR) is 104 cm³/mol. The van der Waals surface area contributed by atoms with Crippen molar-refractivity contribution >= 4 is 32.3 Å². The average Bonchev–Trinajstić information content (AvgIpc) is 2.90. The number of hydrogen-bond acceptors (Lipinski definition) is 6. The summed E-state index contributed by atoms with van der Waals surface area (Å²) in [6, 6.07) is 8.98. The Labute approximate surface area is 161 Å². The van der Waals surface area contributed by atoms with Crippen molar-refractivity contribution in [1.82, 2.24) is 4.57 Å². The monoisotopic (exact) mass is 402 g/mol. The van der Waals surface area contributed by atoms with E-state index in [9.17, 15) is 23.6 Å². The number of nitro benzene ring substituents is 1. The summed E-state index contributed by atoms with van der Waals surface area (Å²) in [6.45, 7) is 5.67. The molecule has 0 aliphatic carbocycles. The van der Waals surface area contributed by atoms with E-state index in [0.717, 1.165) is 11.6 Å². The van der Waals surface area contributed by atoms with Gasteiger partial charge in [0.25, 0.3) is 15.7 Å². The van der Waals surface area contributed by atoms with Crippen molar-refractivity contribution in [2.45, 2.75) is 32.2 Å². The van der Waals surface area contributed by atoms with Crippen LogP contribution in [0.2, 0.25) is 0 Å². The van der Waals surface area contributed by atoms with Gasteiger partial charge in [0.1, 0.15) is 0 Å². The first-order valence-corrected chi connectivity index (χ1v) is 9.84. The number of fused-ring (bicyclic) bond motifs is 1. The quantitative estimate of drug-likeness (QED) is 0.385. The van der Waals surface area contributed by atoms with Gasteiger partial charge in [0.2, 0.25) is 5.88 Å². The molecular weight excluding hydrogens is 384 g/mol. The summed E-state index contributed by atoms with van der Waals surface area (Å²) in [5, 5.41) is 25.9. The molecule has 28 heavy (non-hydrogen) atoms. The molecule has 3 aromatic rings. The first kappa shape index (κ1) is 19.5. The largest absolute Gasteiger partial charge is 0.493 e. The van der Waals surface area contributed by atoms with Gasteiger partial charge in [-0.1, -0.05) is 22.2 Å². The molecule has 0 spiro atoms. The maximum Gasteiger partial charge on any atom is 0.300 e. The molecule has 0 unspecified atom stereocenters. The number of benzene rings is 2. The number of nitro groups is 1. The zero-order chi connectivity index (χ0) is 20.6. The van der Waals surface area contributed by atoms with E-state index in [-0.39, 0.29) is 22.2 Å². The van der Waals surface area contributed by atoms with Gasteiger partial charge in [-0.05, 0) is 39.0 Å². The molecule has 0 radical (unpaired) electrons. The molecule has 1 aromatic heterocycles. The fraction of sp³-hybridized carbons (Fsp3) is 0.222. The Bertz CT molecular complexity index is 1230. The van der Waals surface area contributed by atoms with Crippen molar-refractivity contribution in [3.8, 4) is 5.88 Å². The lowest BCUT2D eigenvalue weighted by Gasteiger charge is -2.01. The standard InChI is InChI=1S/C18H18N4O5S/c1-4-21-15-8-5-11(2)9-14(15)17(18(21)23)19-20-28(26,27)13-7-6-12(3)16(10-13)22(24)25/h5-10,23H,4H2,1-3H3. The van der Waals surface area contributed by atoms with Gasteiger partial charge in [0, 0.05) is 23.6 Å². The highest BCUT2D eigenvalue weighted by Crippen LogP contribution is 2.39. The van der Waals surface area contributed by atoms with E-state index in [1.165, 1.54) is 19.1 Å². The molecule has 10 heteroatoms. The van der Waals surface area contributed by atoms with E-state index in [0.29, 0.717) is 23.0 Å². The molecule has 3 rings (SSSR count). The second-order valence-electron chi connectivity index (χ2n) is 6.30. The Morgan fingerprint density at radius 3 is 2.54 bits per heavy atom. The number of aromatic nitrogens is 1. The fourth-order valence-corrected chi connectivity index (χ4v) is 3.73. The predicted octanol–water partition coefficient (Wildman–Crippen LogP) is 4.36. The number of aromatic hydroxyl groups is 1. The molecular formula is C18H18N4O5S. The van der Waals surface area contributed by atoms with Crippen LogP contribution in [0.15, 0.2) is 50.9 Å². The van der Waals surface area contributed by atoms with E-state index in [1.54, 1.807) is 10.6 Å². The van der Waals surface area contributed by atoms with Gasteiger partial charge in [-0.2, -0.15) is 8.42 Å². The Morgan fingerprint density at radius 1 is 1.18 bits per heavy atom. The van der Waals surface area contributed by atoms with Crippen molar-refractivity contribution in [3.05, 3.63) is 57.6 Å². The van der Waals surface area contributed by atoms with E-state index in [1.807, 2.05) is 26.0 Å². The van der Waals surface area contributed by atoms with Gasteiger partial charge < -0.3 is 9.67 Å². The van der Waals surface area contributed by atoms with Gasteiger partial charge in [-0.25, -0.2) is 0 Å². The maximum absolute atomic E-state index is 12.5. The molecule has 0 atom stereocenters. The van der Waals surface area contributed by atoms with Crippen LogP contribution in [0.5, 0.6) is 5.88 Å². The maximum atomic E-state index is 12.5. The smallest absolute Gasteiger partial charge is 0.300 e. The van der Waals surface area contributed by atoms with Gasteiger partial charge in [0.15, 0.2) is 5.69 Å². The average molecular weight is 402 g/mol. The van der Waals surface area contributed by atoms with E-state index >= 15 is 0 Å². The Hall–Kier alpha value is -3.27. The van der Waals surface area contributed by atoms with Gasteiger partial charge >= 0.3 is 0 Å². The topological polar surface area (TPSA) is 127 Å². The third-order valence-electron chi connectivity index (χ3n) is 4.41. The second-order valence-corrected chi connectivity index (χ2v) is 7.88. The number of aryl methyl sites for hydroxylation is 3. The van der Waals surface area contributed by atoms with Gasteiger partial charge in [-0.15, -0.1) is 5.11 Å². The highest BCUT2D eigenvalue weighted by atomic mass is 32.2. The molecule has 0 bridgehead atoms. The molecule has 0 fully saturated rings. The van der Waals surface area contributed by atoms with Crippen LogP contribution < -0.4 is 0 Å². The van der Waals surface area contributed by atoms with E-state index in [2.05, 4.69) is 9.63 Å². The highest BCUT2D eigenvalue weighted by molar-refractivity contribution is 7.90. The minimum Gasteiger partial charge on any atom is -0.493 e. The van der Waals surface area contributed by atoms with Gasteiger partial charge in [0.05, 0.1) is 15.3 Å². The number of sulfonamides is 1. The minimum atomic E-state index is -4.29. The summed E-state index contributed by atoms with van der Waals surface area (Å²) >= 11 is 0. The third kappa shape index (κ3) is 3.33. The first-order chi connectivity index (χ1) is 13.2. The number of nitrogens with zero attached hydrogens (tertiary/aromatic N) is 4. The van der Waals surface area contributed by atoms with Crippen LogP contribution in [0.4, 0.5) is 11.4 Å². The number of rotatable bonds is 5. The summed E-state index contributed by atoms with van der Waals surface area (Å²) in [7, 11) is -4.29. The normalized spacial score (nSPS) is 12.1. The SMILES string of the molecule is CCn1c(O)c(N=NS(=O)(=O)c2ccc(C)c([N+](=O)[O-])c2)c2cc(C)ccc21. The van der Waals surface area contributed by atoms with Crippen molar-refractivity contribution in [2.75, 3.05) is 0 Å². The lowest BCUT2D eigenvalue weighted by molar-refractivity contribution is -0.385. The molecule has 2 aromatic carbocycles. The molecule has 0 aliphatic heterocycles. The third-order valence-corrected chi connectivity index (χ3v) is 5.55. The second kappa shape index (κ2) is 7.04. The van der Waals surface area contributed by atoms with Crippen molar-refractivity contribution in [3.63, 3.8) is 0 Å². The van der Waals surface area contributed by atoms with Crippen molar-refractivity contribution < 1.29 is 18.4 Å². The summed E-state index contributed by atoms with van der Waals surface area (Å²) < 4.78 is 30.0. The summed E-state index contributed by atoms with van der Waals surface area (Å²) in [4.78, 5) is 10.1. The van der Waals surface area contributed by atoms with Gasteiger partial charge in [-0.3, -0.25) is 10.1 Å².